The normalized spacial score (nSPS) is 10.3. The zero-order valence-electron chi connectivity index (χ0n) is 18.7. The summed E-state index contributed by atoms with van der Waals surface area (Å²) in [6, 6.07) is 12.6. The summed E-state index contributed by atoms with van der Waals surface area (Å²) in [6.45, 7) is 0. The number of para-hydroxylation sites is 1. The summed E-state index contributed by atoms with van der Waals surface area (Å²) in [5, 5.41) is 22.4. The van der Waals surface area contributed by atoms with Crippen LogP contribution in [0.5, 0.6) is 5.75 Å². The lowest BCUT2D eigenvalue weighted by Crippen LogP contribution is -2.19. The maximum Gasteiger partial charge on any atom is 0.254 e. The topological polar surface area (TPSA) is 143 Å². The Bertz CT molecular complexity index is 1380. The van der Waals surface area contributed by atoms with E-state index in [4.69, 9.17) is 10.00 Å². The van der Waals surface area contributed by atoms with Crippen molar-refractivity contribution in [3.8, 4) is 23.2 Å². The van der Waals surface area contributed by atoms with E-state index in [9.17, 15) is 4.79 Å². The van der Waals surface area contributed by atoms with Gasteiger partial charge in [0.15, 0.2) is 17.4 Å². The first-order chi connectivity index (χ1) is 16.5. The van der Waals surface area contributed by atoms with Gasteiger partial charge in [0.05, 0.1) is 29.6 Å². The molecule has 1 aromatic carbocycles. The first-order valence-corrected chi connectivity index (χ1v) is 10.2. The number of hydrogen-bond acceptors (Lipinski definition) is 9. The van der Waals surface area contributed by atoms with Gasteiger partial charge in [-0.15, -0.1) is 0 Å². The molecule has 0 aliphatic carbocycles. The van der Waals surface area contributed by atoms with Gasteiger partial charge >= 0.3 is 0 Å². The molecule has 0 spiro atoms. The first-order valence-electron chi connectivity index (χ1n) is 10.2. The quantitative estimate of drug-likeness (QED) is 0.383. The fourth-order valence-corrected chi connectivity index (χ4v) is 3.32. The summed E-state index contributed by atoms with van der Waals surface area (Å²) in [7, 11) is 4.78. The summed E-state index contributed by atoms with van der Waals surface area (Å²) in [4.78, 5) is 25.4. The van der Waals surface area contributed by atoms with Crippen LogP contribution in [0.2, 0.25) is 0 Å². The van der Waals surface area contributed by atoms with Crippen molar-refractivity contribution in [1.29, 1.82) is 5.26 Å². The van der Waals surface area contributed by atoms with Crippen LogP contribution in [0.3, 0.4) is 0 Å². The second-order valence-electron chi connectivity index (χ2n) is 7.05. The van der Waals surface area contributed by atoms with E-state index in [1.54, 1.807) is 51.8 Å². The highest BCUT2D eigenvalue weighted by molar-refractivity contribution is 6.00. The standard InChI is InChI=1S/C23H21N9O2/c1-25-23(33)16-13-28-19(30-20-10-14(12-24)32(2)31-20)11-18(16)29-17-7-4-6-15(21(17)34-3)22-26-8-5-9-27-22/h4-11,13H,1-3H3,(H,25,33)(H2,28,29,30,31). The molecule has 1 amide bonds. The number of benzene rings is 1. The van der Waals surface area contributed by atoms with Crippen molar-refractivity contribution in [3.05, 3.63) is 66.2 Å². The van der Waals surface area contributed by atoms with E-state index in [-0.39, 0.29) is 5.91 Å². The van der Waals surface area contributed by atoms with Crippen molar-refractivity contribution in [2.45, 2.75) is 0 Å². The zero-order chi connectivity index (χ0) is 24.1. The number of aryl methyl sites for hydroxylation is 1. The molecule has 0 unspecified atom stereocenters. The van der Waals surface area contributed by atoms with Crippen LogP contribution in [-0.4, -0.2) is 44.8 Å². The Kier molecular flexibility index (Phi) is 6.31. The minimum absolute atomic E-state index is 0.312. The molecule has 11 heteroatoms. The minimum Gasteiger partial charge on any atom is -0.494 e. The summed E-state index contributed by atoms with van der Waals surface area (Å²) in [5.74, 6) is 1.60. The van der Waals surface area contributed by atoms with Crippen molar-refractivity contribution in [1.82, 2.24) is 30.0 Å². The molecule has 4 aromatic rings. The first kappa shape index (κ1) is 22.2. The van der Waals surface area contributed by atoms with Crippen LogP contribution < -0.4 is 20.7 Å². The summed E-state index contributed by atoms with van der Waals surface area (Å²) in [6.07, 6.45) is 4.76. The van der Waals surface area contributed by atoms with Gasteiger partial charge in [-0.05, 0) is 18.2 Å². The van der Waals surface area contributed by atoms with Gasteiger partial charge in [-0.25, -0.2) is 15.0 Å². The van der Waals surface area contributed by atoms with Gasteiger partial charge in [0.25, 0.3) is 5.91 Å². The molecule has 0 fully saturated rings. The Morgan fingerprint density at radius 3 is 2.53 bits per heavy atom. The number of hydrogen-bond donors (Lipinski definition) is 3. The van der Waals surface area contributed by atoms with Crippen LogP contribution in [0.1, 0.15) is 16.1 Å². The third kappa shape index (κ3) is 4.46. The second-order valence-corrected chi connectivity index (χ2v) is 7.05. The number of nitriles is 1. The van der Waals surface area contributed by atoms with Gasteiger partial charge in [-0.2, -0.15) is 10.4 Å². The van der Waals surface area contributed by atoms with Crippen molar-refractivity contribution in [3.63, 3.8) is 0 Å². The highest BCUT2D eigenvalue weighted by Gasteiger charge is 2.17. The zero-order valence-corrected chi connectivity index (χ0v) is 18.7. The number of amides is 1. The van der Waals surface area contributed by atoms with Gasteiger partial charge < -0.3 is 20.7 Å². The number of carbonyl (C=O) groups excluding carboxylic acids is 1. The maximum absolute atomic E-state index is 12.5. The SMILES string of the molecule is CNC(=O)c1cnc(Nc2cc(C#N)n(C)n2)cc1Nc1cccc(-c2ncccn2)c1OC. The third-order valence-corrected chi connectivity index (χ3v) is 4.92. The molecule has 0 bridgehead atoms. The molecule has 0 radical (unpaired) electrons. The lowest BCUT2D eigenvalue weighted by atomic mass is 10.1. The summed E-state index contributed by atoms with van der Waals surface area (Å²) < 4.78 is 7.13. The van der Waals surface area contributed by atoms with Crippen molar-refractivity contribution >= 4 is 28.9 Å². The van der Waals surface area contributed by atoms with E-state index in [2.05, 4.69) is 42.1 Å². The van der Waals surface area contributed by atoms with Crippen molar-refractivity contribution in [2.75, 3.05) is 24.8 Å². The Hall–Kier alpha value is -4.98. The number of anilines is 4. The predicted molar refractivity (Wildman–Crippen MR) is 126 cm³/mol. The van der Waals surface area contributed by atoms with Crippen molar-refractivity contribution in [2.24, 2.45) is 7.05 Å². The molecule has 0 saturated heterocycles. The molecule has 0 aliphatic rings. The maximum atomic E-state index is 12.5. The number of methoxy groups -OCH3 is 1. The van der Waals surface area contributed by atoms with E-state index < -0.39 is 0 Å². The van der Waals surface area contributed by atoms with Crippen molar-refractivity contribution < 1.29 is 9.53 Å². The largest absolute Gasteiger partial charge is 0.494 e. The lowest BCUT2D eigenvalue weighted by molar-refractivity contribution is 0.0963. The Morgan fingerprint density at radius 2 is 1.85 bits per heavy atom. The van der Waals surface area contributed by atoms with Crippen LogP contribution in [0.15, 0.2) is 55.0 Å². The van der Waals surface area contributed by atoms with Crippen LogP contribution in [-0.2, 0) is 7.05 Å². The lowest BCUT2D eigenvalue weighted by Gasteiger charge is -2.17. The fraction of sp³-hybridized carbons (Fsp3) is 0.130. The summed E-state index contributed by atoms with van der Waals surface area (Å²) in [5.41, 5.74) is 2.51. The molecule has 170 valence electrons. The number of pyridine rings is 1. The average Bonchev–Trinajstić information content (AvgIpc) is 3.22. The summed E-state index contributed by atoms with van der Waals surface area (Å²) >= 11 is 0. The number of nitrogens with zero attached hydrogens (tertiary/aromatic N) is 6. The molecule has 3 N–H and O–H groups in total. The van der Waals surface area contributed by atoms with Gasteiger partial charge in [-0.3, -0.25) is 9.48 Å². The number of aromatic nitrogens is 5. The molecular formula is C23H21N9O2. The fourth-order valence-electron chi connectivity index (χ4n) is 3.32. The molecule has 0 atom stereocenters. The van der Waals surface area contributed by atoms with Gasteiger partial charge in [0.1, 0.15) is 17.6 Å². The predicted octanol–water partition coefficient (Wildman–Crippen LogP) is 3.00. The Labute approximate surface area is 195 Å². The molecule has 34 heavy (non-hydrogen) atoms. The van der Waals surface area contributed by atoms with E-state index in [1.807, 2.05) is 18.2 Å². The van der Waals surface area contributed by atoms with E-state index >= 15 is 0 Å². The number of ether oxygens (including phenoxy) is 1. The van der Waals surface area contributed by atoms with Crippen LogP contribution in [0, 0.1) is 11.3 Å². The second kappa shape index (κ2) is 9.66. The van der Waals surface area contributed by atoms with Gasteiger partial charge in [-0.1, -0.05) is 6.07 Å². The molecular weight excluding hydrogens is 434 g/mol. The minimum atomic E-state index is -0.312. The number of rotatable bonds is 7. The van der Waals surface area contributed by atoms with Crippen LogP contribution >= 0.6 is 0 Å². The monoisotopic (exact) mass is 455 g/mol. The number of nitrogens with one attached hydrogen (secondary N) is 3. The number of carbonyl (C=O) groups is 1. The molecule has 4 rings (SSSR count). The smallest absolute Gasteiger partial charge is 0.254 e. The van der Waals surface area contributed by atoms with Crippen LogP contribution in [0.25, 0.3) is 11.4 Å². The van der Waals surface area contributed by atoms with Crippen LogP contribution in [0.4, 0.5) is 23.0 Å². The Morgan fingerprint density at radius 1 is 1.06 bits per heavy atom. The van der Waals surface area contributed by atoms with Gasteiger partial charge in [0, 0.05) is 44.8 Å². The van der Waals surface area contributed by atoms with E-state index in [0.717, 1.165) is 0 Å². The Balaban J connectivity index is 1.73. The van der Waals surface area contributed by atoms with Gasteiger partial charge in [0.2, 0.25) is 0 Å². The molecule has 0 aliphatic heterocycles. The van der Waals surface area contributed by atoms with E-state index in [1.165, 1.54) is 10.9 Å². The molecule has 0 saturated carbocycles. The van der Waals surface area contributed by atoms with E-state index in [0.29, 0.717) is 51.4 Å². The third-order valence-electron chi connectivity index (χ3n) is 4.92. The highest BCUT2D eigenvalue weighted by Crippen LogP contribution is 2.37. The highest BCUT2D eigenvalue weighted by atomic mass is 16.5. The molecule has 3 heterocycles. The average molecular weight is 455 g/mol. The molecule has 11 nitrogen and oxygen atoms in total. The molecule has 3 aromatic heterocycles.